The van der Waals surface area contributed by atoms with Gasteiger partial charge in [-0.25, -0.2) is 0 Å². The predicted octanol–water partition coefficient (Wildman–Crippen LogP) is 2.98. The number of nitrogen functional groups attached to an aromatic ring is 1. The molecule has 1 aromatic rings. The van der Waals surface area contributed by atoms with Gasteiger partial charge in [0.1, 0.15) is 0 Å². The Morgan fingerprint density at radius 1 is 1.50 bits per heavy atom. The summed E-state index contributed by atoms with van der Waals surface area (Å²) in [4.78, 5) is 11.6. The molecule has 0 bridgehead atoms. The number of nitrogens with two attached hydrogens (primary N) is 1. The average Bonchev–Trinajstić information content (AvgIpc) is 2.12. The maximum Gasteiger partial charge on any atom is 0.258 e. The second kappa shape index (κ2) is 5.80. The normalized spacial score (nSPS) is 11.2. The molecule has 0 aliphatic heterocycles. The Hall–Kier alpha value is -0.940. The summed E-state index contributed by atoms with van der Waals surface area (Å²) < 4.78 is 6.01. The van der Waals surface area contributed by atoms with E-state index in [1.807, 2.05) is 20.8 Å². The molecule has 100 valence electrons. The summed E-state index contributed by atoms with van der Waals surface area (Å²) in [7, 11) is 0. The number of halogens is 2. The highest BCUT2D eigenvalue weighted by molar-refractivity contribution is 9.10. The van der Waals surface area contributed by atoms with Gasteiger partial charge < -0.3 is 15.8 Å². The quantitative estimate of drug-likeness (QED) is 0.835. The number of carbonyl (C=O) groups excluding carboxylic acids is 1. The van der Waals surface area contributed by atoms with Gasteiger partial charge in [0.2, 0.25) is 0 Å². The zero-order valence-corrected chi connectivity index (χ0v) is 12.9. The molecule has 1 aromatic carbocycles. The first kappa shape index (κ1) is 15.1. The molecule has 3 N–H and O–H groups in total. The lowest BCUT2D eigenvalue weighted by molar-refractivity contribution is -0.124. The molecule has 0 atom stereocenters. The standard InChI is InChI=1S/C12H16BrClN2O2/c1-12(2,3)16-10(17)6-18-11-8(13)4-7(14)5-9(11)15/h4-5H,6,15H2,1-3H3,(H,16,17). The van der Waals surface area contributed by atoms with Gasteiger partial charge in [-0.1, -0.05) is 11.6 Å². The fraction of sp³-hybridized carbons (Fsp3) is 0.417. The van der Waals surface area contributed by atoms with Crippen LogP contribution in [0.15, 0.2) is 16.6 Å². The Bertz CT molecular complexity index is 435. The summed E-state index contributed by atoms with van der Waals surface area (Å²) in [5, 5.41) is 3.30. The van der Waals surface area contributed by atoms with Crippen molar-refractivity contribution in [2.24, 2.45) is 0 Å². The van der Waals surface area contributed by atoms with Crippen molar-refractivity contribution in [1.82, 2.24) is 5.32 Å². The number of carbonyl (C=O) groups is 1. The molecule has 0 saturated carbocycles. The van der Waals surface area contributed by atoms with Crippen molar-refractivity contribution in [3.05, 3.63) is 21.6 Å². The number of anilines is 1. The van der Waals surface area contributed by atoms with Crippen molar-refractivity contribution in [2.75, 3.05) is 12.3 Å². The van der Waals surface area contributed by atoms with E-state index in [4.69, 9.17) is 22.1 Å². The highest BCUT2D eigenvalue weighted by Gasteiger charge is 2.15. The molecule has 0 fully saturated rings. The molecule has 0 spiro atoms. The summed E-state index contributed by atoms with van der Waals surface area (Å²) in [5.41, 5.74) is 5.86. The van der Waals surface area contributed by atoms with Crippen molar-refractivity contribution >= 4 is 39.1 Å². The monoisotopic (exact) mass is 334 g/mol. The fourth-order valence-corrected chi connectivity index (χ4v) is 2.27. The minimum Gasteiger partial charge on any atom is -0.480 e. The lowest BCUT2D eigenvalue weighted by Gasteiger charge is -2.20. The van der Waals surface area contributed by atoms with Crippen LogP contribution in [0.1, 0.15) is 20.8 Å². The van der Waals surface area contributed by atoms with Gasteiger partial charge in [0.15, 0.2) is 12.4 Å². The van der Waals surface area contributed by atoms with E-state index < -0.39 is 0 Å². The third-order valence-electron chi connectivity index (χ3n) is 1.90. The molecule has 1 amide bonds. The molecule has 4 nitrogen and oxygen atoms in total. The van der Waals surface area contributed by atoms with Gasteiger partial charge in [-0.2, -0.15) is 0 Å². The Kier molecular flexibility index (Phi) is 4.87. The minimum atomic E-state index is -0.288. The van der Waals surface area contributed by atoms with E-state index in [1.165, 1.54) is 0 Å². The van der Waals surface area contributed by atoms with Gasteiger partial charge in [-0.05, 0) is 48.8 Å². The lowest BCUT2D eigenvalue weighted by atomic mass is 10.1. The molecule has 1 rings (SSSR count). The van der Waals surface area contributed by atoms with E-state index in [0.717, 1.165) is 0 Å². The van der Waals surface area contributed by atoms with E-state index in [1.54, 1.807) is 12.1 Å². The number of hydrogen-bond donors (Lipinski definition) is 2. The van der Waals surface area contributed by atoms with Crippen LogP contribution < -0.4 is 15.8 Å². The SMILES string of the molecule is CC(C)(C)NC(=O)COc1c(N)cc(Cl)cc1Br. The fourth-order valence-electron chi connectivity index (χ4n) is 1.32. The largest absolute Gasteiger partial charge is 0.480 e. The molecular weight excluding hydrogens is 320 g/mol. The first-order valence-corrected chi connectivity index (χ1v) is 6.54. The van der Waals surface area contributed by atoms with Crippen molar-refractivity contribution < 1.29 is 9.53 Å². The Morgan fingerprint density at radius 3 is 2.61 bits per heavy atom. The Morgan fingerprint density at radius 2 is 2.11 bits per heavy atom. The maximum atomic E-state index is 11.6. The summed E-state index contributed by atoms with van der Waals surface area (Å²) in [6, 6.07) is 3.23. The van der Waals surface area contributed by atoms with Crippen molar-refractivity contribution in [1.29, 1.82) is 0 Å². The smallest absolute Gasteiger partial charge is 0.258 e. The van der Waals surface area contributed by atoms with Gasteiger partial charge in [0.05, 0.1) is 10.2 Å². The van der Waals surface area contributed by atoms with Gasteiger partial charge in [0, 0.05) is 10.6 Å². The number of ether oxygens (including phenoxy) is 1. The van der Waals surface area contributed by atoms with E-state index in [0.29, 0.717) is 20.9 Å². The zero-order chi connectivity index (χ0) is 13.9. The van der Waals surface area contributed by atoms with Gasteiger partial charge >= 0.3 is 0 Å². The van der Waals surface area contributed by atoms with Gasteiger partial charge in [-0.15, -0.1) is 0 Å². The summed E-state index contributed by atoms with van der Waals surface area (Å²) >= 11 is 9.12. The number of nitrogens with one attached hydrogen (secondary N) is 1. The molecule has 0 aliphatic carbocycles. The molecule has 0 radical (unpaired) electrons. The second-order valence-electron chi connectivity index (χ2n) is 4.89. The summed E-state index contributed by atoms with van der Waals surface area (Å²) in [6.45, 7) is 5.61. The third-order valence-corrected chi connectivity index (χ3v) is 2.71. The summed E-state index contributed by atoms with van der Waals surface area (Å²) in [6.07, 6.45) is 0. The van der Waals surface area contributed by atoms with Gasteiger partial charge in [0.25, 0.3) is 5.91 Å². The highest BCUT2D eigenvalue weighted by Crippen LogP contribution is 2.34. The number of benzene rings is 1. The zero-order valence-electron chi connectivity index (χ0n) is 10.5. The molecule has 0 aromatic heterocycles. The molecular formula is C12H16BrClN2O2. The third kappa shape index (κ3) is 4.74. The van der Waals surface area contributed by atoms with Crippen LogP contribution in [-0.4, -0.2) is 18.1 Å². The van der Waals surface area contributed by atoms with E-state index in [-0.39, 0.29) is 18.1 Å². The van der Waals surface area contributed by atoms with E-state index in [9.17, 15) is 4.79 Å². The average molecular weight is 336 g/mol. The molecule has 0 aliphatic rings. The topological polar surface area (TPSA) is 64.3 Å². The minimum absolute atomic E-state index is 0.0955. The Labute approximate surface area is 120 Å². The van der Waals surface area contributed by atoms with Crippen LogP contribution in [0.3, 0.4) is 0 Å². The van der Waals surface area contributed by atoms with Crippen molar-refractivity contribution in [2.45, 2.75) is 26.3 Å². The first-order valence-electron chi connectivity index (χ1n) is 5.37. The second-order valence-corrected chi connectivity index (χ2v) is 6.18. The molecule has 0 heterocycles. The first-order chi connectivity index (χ1) is 8.19. The predicted molar refractivity (Wildman–Crippen MR) is 77.0 cm³/mol. The van der Waals surface area contributed by atoms with Crippen LogP contribution in [0.4, 0.5) is 5.69 Å². The van der Waals surface area contributed by atoms with Crippen molar-refractivity contribution in [3.63, 3.8) is 0 Å². The summed E-state index contributed by atoms with van der Waals surface area (Å²) in [5.74, 6) is 0.215. The maximum absolute atomic E-state index is 11.6. The van der Waals surface area contributed by atoms with Gasteiger partial charge in [-0.3, -0.25) is 4.79 Å². The molecule has 18 heavy (non-hydrogen) atoms. The van der Waals surface area contributed by atoms with Crippen LogP contribution in [0.5, 0.6) is 5.75 Å². The molecule has 0 saturated heterocycles. The van der Waals surface area contributed by atoms with Crippen LogP contribution in [0, 0.1) is 0 Å². The van der Waals surface area contributed by atoms with Crippen LogP contribution in [0.2, 0.25) is 5.02 Å². The van der Waals surface area contributed by atoms with Crippen LogP contribution in [0.25, 0.3) is 0 Å². The lowest BCUT2D eigenvalue weighted by Crippen LogP contribution is -2.43. The van der Waals surface area contributed by atoms with E-state index >= 15 is 0 Å². The molecule has 6 heteroatoms. The van der Waals surface area contributed by atoms with Crippen LogP contribution in [-0.2, 0) is 4.79 Å². The Balaban J connectivity index is 2.67. The molecule has 0 unspecified atom stereocenters. The van der Waals surface area contributed by atoms with Crippen LogP contribution >= 0.6 is 27.5 Å². The number of amides is 1. The number of hydrogen-bond acceptors (Lipinski definition) is 3. The highest BCUT2D eigenvalue weighted by atomic mass is 79.9. The number of rotatable bonds is 3. The van der Waals surface area contributed by atoms with Crippen molar-refractivity contribution in [3.8, 4) is 5.75 Å². The van der Waals surface area contributed by atoms with E-state index in [2.05, 4.69) is 21.2 Å².